The van der Waals surface area contributed by atoms with Gasteiger partial charge in [0.25, 0.3) is 0 Å². The van der Waals surface area contributed by atoms with E-state index >= 15 is 0 Å². The lowest BCUT2D eigenvalue weighted by molar-refractivity contribution is -0.144. The number of amides is 1. The summed E-state index contributed by atoms with van der Waals surface area (Å²) in [6.45, 7) is 0. The fourth-order valence-corrected chi connectivity index (χ4v) is 2.15. The summed E-state index contributed by atoms with van der Waals surface area (Å²) in [5.74, 6) is -2.10. The molecule has 0 aliphatic heterocycles. The zero-order valence-electron chi connectivity index (χ0n) is 11.5. The zero-order chi connectivity index (χ0) is 15.8. The van der Waals surface area contributed by atoms with Crippen molar-refractivity contribution in [3.63, 3.8) is 0 Å². The molecule has 1 aromatic carbocycles. The molecule has 0 saturated carbocycles. The lowest BCUT2D eigenvalue weighted by Gasteiger charge is -2.14. The maximum Gasteiger partial charge on any atom is 0.326 e. The molecule has 0 radical (unpaired) electrons. The first-order valence-electron chi connectivity index (χ1n) is 6.25. The molecule has 0 aliphatic carbocycles. The minimum Gasteiger partial charge on any atom is -0.480 e. The van der Waals surface area contributed by atoms with E-state index in [9.17, 15) is 14.4 Å². The molecule has 6 nitrogen and oxygen atoms in total. The molecule has 0 bridgehead atoms. The number of nitrogens with one attached hydrogen (secondary N) is 1. The van der Waals surface area contributed by atoms with Crippen LogP contribution < -0.4 is 5.32 Å². The molecule has 0 aromatic heterocycles. The summed E-state index contributed by atoms with van der Waals surface area (Å²) < 4.78 is 5.29. The number of carboxylic acids is 1. The molecule has 0 spiro atoms. The minimum absolute atomic E-state index is 0.00771. The van der Waals surface area contributed by atoms with Gasteiger partial charge in [-0.2, -0.15) is 0 Å². The van der Waals surface area contributed by atoms with Crippen molar-refractivity contribution in [1.29, 1.82) is 0 Å². The summed E-state index contributed by atoms with van der Waals surface area (Å²) in [6.07, 6.45) is -0.00168. The van der Waals surface area contributed by atoms with Gasteiger partial charge >= 0.3 is 11.9 Å². The van der Waals surface area contributed by atoms with E-state index in [1.54, 1.807) is 18.2 Å². The first-order chi connectivity index (χ1) is 9.92. The Hall–Kier alpha value is -1.89. The quantitative estimate of drug-likeness (QED) is 0.721. The van der Waals surface area contributed by atoms with Crippen molar-refractivity contribution in [1.82, 2.24) is 5.32 Å². The van der Waals surface area contributed by atoms with Crippen LogP contribution in [0, 0.1) is 0 Å². The summed E-state index contributed by atoms with van der Waals surface area (Å²) >= 11 is 3.30. The summed E-state index contributed by atoms with van der Waals surface area (Å²) in [5.41, 5.74) is 0.763. The Kier molecular flexibility index (Phi) is 6.87. The molecule has 1 amide bonds. The molecule has 1 rings (SSSR count). The predicted molar refractivity (Wildman–Crippen MR) is 78.7 cm³/mol. The van der Waals surface area contributed by atoms with Crippen molar-refractivity contribution >= 4 is 33.8 Å². The molecule has 0 aliphatic rings. The van der Waals surface area contributed by atoms with Gasteiger partial charge in [0.05, 0.1) is 13.5 Å². The van der Waals surface area contributed by atoms with Gasteiger partial charge in [0, 0.05) is 10.9 Å². The highest BCUT2D eigenvalue weighted by Crippen LogP contribution is 2.12. The topological polar surface area (TPSA) is 92.7 Å². The van der Waals surface area contributed by atoms with E-state index in [1.165, 1.54) is 7.11 Å². The van der Waals surface area contributed by atoms with Crippen LogP contribution in [0.3, 0.4) is 0 Å². The number of aliphatic carboxylic acids is 1. The fourth-order valence-electron chi connectivity index (χ4n) is 1.70. The van der Waals surface area contributed by atoms with Crippen LogP contribution >= 0.6 is 15.9 Å². The highest BCUT2D eigenvalue weighted by molar-refractivity contribution is 9.10. The second-order valence-electron chi connectivity index (χ2n) is 4.38. The Morgan fingerprint density at radius 1 is 1.38 bits per heavy atom. The Morgan fingerprint density at radius 2 is 2.10 bits per heavy atom. The molecule has 21 heavy (non-hydrogen) atoms. The SMILES string of the molecule is COC(=O)CCC(NC(=O)Cc1cccc(Br)c1)C(=O)O. The number of methoxy groups -OCH3 is 1. The van der Waals surface area contributed by atoms with Crippen molar-refractivity contribution in [2.45, 2.75) is 25.3 Å². The maximum atomic E-state index is 11.8. The largest absolute Gasteiger partial charge is 0.480 e. The van der Waals surface area contributed by atoms with Gasteiger partial charge in [0.15, 0.2) is 0 Å². The van der Waals surface area contributed by atoms with Crippen LogP contribution in [-0.4, -0.2) is 36.1 Å². The van der Waals surface area contributed by atoms with E-state index in [1.807, 2.05) is 6.07 Å². The first-order valence-corrected chi connectivity index (χ1v) is 7.05. The highest BCUT2D eigenvalue weighted by atomic mass is 79.9. The third kappa shape index (κ3) is 6.40. The fraction of sp³-hybridized carbons (Fsp3) is 0.357. The number of hydrogen-bond acceptors (Lipinski definition) is 4. The average Bonchev–Trinajstić information content (AvgIpc) is 2.42. The van der Waals surface area contributed by atoms with Crippen LogP contribution in [0.25, 0.3) is 0 Å². The number of carbonyl (C=O) groups excluding carboxylic acids is 2. The van der Waals surface area contributed by atoms with Gasteiger partial charge in [-0.1, -0.05) is 28.1 Å². The van der Waals surface area contributed by atoms with Crippen molar-refractivity contribution < 1.29 is 24.2 Å². The molecule has 114 valence electrons. The predicted octanol–water partition coefficient (Wildman–Crippen LogP) is 1.51. The Morgan fingerprint density at radius 3 is 2.67 bits per heavy atom. The van der Waals surface area contributed by atoms with Crippen LogP contribution in [-0.2, 0) is 25.5 Å². The van der Waals surface area contributed by atoms with Crippen molar-refractivity contribution in [3.05, 3.63) is 34.3 Å². The van der Waals surface area contributed by atoms with Gasteiger partial charge in [0.2, 0.25) is 5.91 Å². The zero-order valence-corrected chi connectivity index (χ0v) is 13.1. The number of halogens is 1. The lowest BCUT2D eigenvalue weighted by atomic mass is 10.1. The standard InChI is InChI=1S/C14H16BrNO5/c1-21-13(18)6-5-11(14(19)20)16-12(17)8-9-3-2-4-10(15)7-9/h2-4,7,11H,5-6,8H2,1H3,(H,16,17)(H,19,20). The number of esters is 1. The first kappa shape index (κ1) is 17.2. The van der Waals surface area contributed by atoms with Crippen molar-refractivity contribution in [3.8, 4) is 0 Å². The summed E-state index contributed by atoms with van der Waals surface area (Å²) in [6, 6.07) is 6.07. The van der Waals surface area contributed by atoms with Crippen LogP contribution in [0.2, 0.25) is 0 Å². The van der Waals surface area contributed by atoms with E-state index in [0.717, 1.165) is 10.0 Å². The van der Waals surface area contributed by atoms with Gasteiger partial charge in [0.1, 0.15) is 6.04 Å². The van der Waals surface area contributed by atoms with Crippen molar-refractivity contribution in [2.75, 3.05) is 7.11 Å². The normalized spacial score (nSPS) is 11.5. The van der Waals surface area contributed by atoms with Crippen LogP contribution in [0.4, 0.5) is 0 Å². The van der Waals surface area contributed by atoms with E-state index in [0.29, 0.717) is 0 Å². The Balaban J connectivity index is 2.56. The molecule has 1 atom stereocenters. The van der Waals surface area contributed by atoms with E-state index in [4.69, 9.17) is 5.11 Å². The highest BCUT2D eigenvalue weighted by Gasteiger charge is 2.21. The minimum atomic E-state index is -1.18. The third-order valence-electron chi connectivity index (χ3n) is 2.75. The number of hydrogen-bond donors (Lipinski definition) is 2. The van der Waals surface area contributed by atoms with Gasteiger partial charge in [-0.15, -0.1) is 0 Å². The van der Waals surface area contributed by atoms with Crippen LogP contribution in [0.15, 0.2) is 28.7 Å². The van der Waals surface area contributed by atoms with E-state index in [-0.39, 0.29) is 19.3 Å². The monoisotopic (exact) mass is 357 g/mol. The average molecular weight is 358 g/mol. The van der Waals surface area contributed by atoms with Gasteiger partial charge in [-0.25, -0.2) is 4.79 Å². The Bertz CT molecular complexity index is 532. The lowest BCUT2D eigenvalue weighted by Crippen LogP contribution is -2.41. The Labute approximate surface area is 130 Å². The summed E-state index contributed by atoms with van der Waals surface area (Å²) in [4.78, 5) is 33.9. The van der Waals surface area contributed by atoms with Crippen LogP contribution in [0.1, 0.15) is 18.4 Å². The molecule has 7 heteroatoms. The number of ether oxygens (including phenoxy) is 1. The smallest absolute Gasteiger partial charge is 0.326 e. The third-order valence-corrected chi connectivity index (χ3v) is 3.25. The van der Waals surface area contributed by atoms with E-state index < -0.39 is 23.9 Å². The molecule has 2 N–H and O–H groups in total. The molecule has 0 heterocycles. The summed E-state index contributed by atoms with van der Waals surface area (Å²) in [7, 11) is 1.23. The molecule has 0 saturated heterocycles. The number of carboxylic acid groups (broad SMARTS) is 1. The van der Waals surface area contributed by atoms with E-state index in [2.05, 4.69) is 26.0 Å². The molecule has 0 fully saturated rings. The van der Waals surface area contributed by atoms with Crippen LogP contribution in [0.5, 0.6) is 0 Å². The molecule has 1 unspecified atom stereocenters. The van der Waals surface area contributed by atoms with Gasteiger partial charge in [-0.3, -0.25) is 9.59 Å². The molecular weight excluding hydrogens is 342 g/mol. The second-order valence-corrected chi connectivity index (χ2v) is 5.30. The van der Waals surface area contributed by atoms with Crippen molar-refractivity contribution in [2.24, 2.45) is 0 Å². The molecular formula is C14H16BrNO5. The number of carbonyl (C=O) groups is 3. The number of rotatable bonds is 7. The second kappa shape index (κ2) is 8.41. The molecule has 1 aromatic rings. The summed E-state index contributed by atoms with van der Waals surface area (Å²) in [5, 5.41) is 11.4. The van der Waals surface area contributed by atoms with Gasteiger partial charge < -0.3 is 15.2 Å². The number of benzene rings is 1. The maximum absolute atomic E-state index is 11.8. The van der Waals surface area contributed by atoms with Gasteiger partial charge in [-0.05, 0) is 24.1 Å².